The fourth-order valence-electron chi connectivity index (χ4n) is 0.268. The summed E-state index contributed by atoms with van der Waals surface area (Å²) in [6.45, 7) is 0.0810. The molecule has 0 fully saturated rings. The number of amides is 1. The highest BCUT2D eigenvalue weighted by Crippen LogP contribution is 1.84. The van der Waals surface area contributed by atoms with Gasteiger partial charge in [0.05, 0.1) is 0 Å². The van der Waals surface area contributed by atoms with E-state index in [1.165, 1.54) is 0 Å². The van der Waals surface area contributed by atoms with Crippen LogP contribution in [0.15, 0.2) is 0 Å². The molecule has 0 aromatic rings. The first-order chi connectivity index (χ1) is 4.13. The quantitative estimate of drug-likeness (QED) is 0.574. The minimum absolute atomic E-state index is 0.0356. The maximum absolute atomic E-state index is 9.96. The average Bonchev–Trinajstić information content (AvgIpc) is 1.63. The molecule has 9 heavy (non-hydrogen) atoms. The molecule has 52 valence electrons. The molecule has 0 atom stereocenters. The summed E-state index contributed by atoms with van der Waals surface area (Å²) < 4.78 is 0. The standard InChI is InChI=1S/C4H6ClNO3/c5-3(7)1-2-6-4(8)9/h6H,1-2H2,(H,8,9). The summed E-state index contributed by atoms with van der Waals surface area (Å²) in [4.78, 5) is 19.7. The molecule has 1 amide bonds. The predicted octanol–water partition coefficient (Wildman–Crippen LogP) is 0.409. The Morgan fingerprint density at radius 1 is 1.56 bits per heavy atom. The van der Waals surface area contributed by atoms with Crippen LogP contribution in [-0.2, 0) is 4.79 Å². The lowest BCUT2D eigenvalue weighted by Gasteiger charge is -1.93. The summed E-state index contributed by atoms with van der Waals surface area (Å²) in [6, 6.07) is 0. The Morgan fingerprint density at radius 2 is 2.11 bits per heavy atom. The molecule has 0 aliphatic rings. The number of nitrogens with one attached hydrogen (secondary N) is 1. The molecule has 0 spiro atoms. The van der Waals surface area contributed by atoms with Crippen LogP contribution in [0.5, 0.6) is 0 Å². The second-order valence-electron chi connectivity index (χ2n) is 1.34. The molecule has 5 heteroatoms. The number of halogens is 1. The van der Waals surface area contributed by atoms with Gasteiger partial charge in [0.25, 0.3) is 0 Å². The smallest absolute Gasteiger partial charge is 0.404 e. The van der Waals surface area contributed by atoms with Crippen LogP contribution < -0.4 is 5.32 Å². The monoisotopic (exact) mass is 151 g/mol. The predicted molar refractivity (Wildman–Crippen MR) is 31.5 cm³/mol. The van der Waals surface area contributed by atoms with Gasteiger partial charge in [0, 0.05) is 13.0 Å². The maximum Gasteiger partial charge on any atom is 0.404 e. The van der Waals surface area contributed by atoms with Gasteiger partial charge in [-0.15, -0.1) is 0 Å². The normalized spacial score (nSPS) is 8.56. The second-order valence-corrected chi connectivity index (χ2v) is 1.76. The maximum atomic E-state index is 9.96. The van der Waals surface area contributed by atoms with Gasteiger partial charge in [-0.25, -0.2) is 4.79 Å². The van der Waals surface area contributed by atoms with Crippen molar-refractivity contribution >= 4 is 22.9 Å². The molecule has 0 rings (SSSR count). The fourth-order valence-corrected chi connectivity index (χ4v) is 0.362. The molecule has 0 aromatic heterocycles. The highest BCUT2D eigenvalue weighted by Gasteiger charge is 1.96. The van der Waals surface area contributed by atoms with Gasteiger partial charge in [0.2, 0.25) is 5.24 Å². The van der Waals surface area contributed by atoms with Crippen molar-refractivity contribution in [3.8, 4) is 0 Å². The Kier molecular flexibility index (Phi) is 3.79. The van der Waals surface area contributed by atoms with Crippen molar-refractivity contribution in [1.29, 1.82) is 0 Å². The third kappa shape index (κ3) is 7.23. The molecular formula is C4H6ClNO3. The minimum atomic E-state index is -1.15. The highest BCUT2D eigenvalue weighted by atomic mass is 35.5. The first-order valence-corrected chi connectivity index (χ1v) is 2.66. The molecule has 0 aliphatic carbocycles. The van der Waals surface area contributed by atoms with E-state index in [1.807, 2.05) is 5.32 Å². The minimum Gasteiger partial charge on any atom is -0.465 e. The van der Waals surface area contributed by atoms with Crippen molar-refractivity contribution < 1.29 is 14.7 Å². The van der Waals surface area contributed by atoms with E-state index < -0.39 is 11.3 Å². The number of carbonyl (C=O) groups is 2. The molecule has 2 N–H and O–H groups in total. The Hall–Kier alpha value is -0.770. The summed E-state index contributed by atoms with van der Waals surface area (Å²) >= 11 is 4.89. The molecule has 0 saturated carbocycles. The van der Waals surface area contributed by atoms with Gasteiger partial charge in [-0.05, 0) is 11.6 Å². The van der Waals surface area contributed by atoms with Gasteiger partial charge < -0.3 is 10.4 Å². The van der Waals surface area contributed by atoms with Crippen molar-refractivity contribution in [2.24, 2.45) is 0 Å². The van der Waals surface area contributed by atoms with Crippen molar-refractivity contribution in [2.75, 3.05) is 6.54 Å². The second kappa shape index (κ2) is 4.14. The number of hydrogen-bond acceptors (Lipinski definition) is 2. The summed E-state index contributed by atoms with van der Waals surface area (Å²) in [5.74, 6) is 0. The summed E-state index contributed by atoms with van der Waals surface area (Å²) in [6.07, 6.45) is -1.11. The lowest BCUT2D eigenvalue weighted by Crippen LogP contribution is -2.22. The lowest BCUT2D eigenvalue weighted by atomic mass is 10.5. The number of hydrogen-bond donors (Lipinski definition) is 2. The van der Waals surface area contributed by atoms with Crippen molar-refractivity contribution in [3.63, 3.8) is 0 Å². The zero-order valence-electron chi connectivity index (χ0n) is 4.56. The zero-order chi connectivity index (χ0) is 7.28. The van der Waals surface area contributed by atoms with Crippen LogP contribution in [0.4, 0.5) is 4.79 Å². The first-order valence-electron chi connectivity index (χ1n) is 2.28. The van der Waals surface area contributed by atoms with Gasteiger partial charge in [-0.1, -0.05) is 0 Å². The molecule has 0 bridgehead atoms. The van der Waals surface area contributed by atoms with Crippen LogP contribution in [0.3, 0.4) is 0 Å². The average molecular weight is 152 g/mol. The third-order valence-corrected chi connectivity index (χ3v) is 0.787. The van der Waals surface area contributed by atoms with E-state index in [0.717, 1.165) is 0 Å². The lowest BCUT2D eigenvalue weighted by molar-refractivity contribution is -0.111. The van der Waals surface area contributed by atoms with Crippen LogP contribution in [0.1, 0.15) is 6.42 Å². The van der Waals surface area contributed by atoms with E-state index in [4.69, 9.17) is 16.7 Å². The number of rotatable bonds is 3. The van der Waals surface area contributed by atoms with Crippen LogP contribution >= 0.6 is 11.6 Å². The molecule has 0 unspecified atom stereocenters. The van der Waals surface area contributed by atoms with E-state index in [9.17, 15) is 9.59 Å². The van der Waals surface area contributed by atoms with Gasteiger partial charge in [0.15, 0.2) is 0 Å². The van der Waals surface area contributed by atoms with Gasteiger partial charge >= 0.3 is 6.09 Å². The van der Waals surface area contributed by atoms with Crippen LogP contribution in [0.25, 0.3) is 0 Å². The number of carboxylic acid groups (broad SMARTS) is 1. The first kappa shape index (κ1) is 8.23. The molecular weight excluding hydrogens is 146 g/mol. The molecule has 0 radical (unpaired) electrons. The van der Waals surface area contributed by atoms with Gasteiger partial charge in [-0.3, -0.25) is 4.79 Å². The summed E-state index contributed by atoms with van der Waals surface area (Å²) in [7, 11) is 0. The Balaban J connectivity index is 3.10. The van der Waals surface area contributed by atoms with Crippen LogP contribution in [-0.4, -0.2) is 23.0 Å². The van der Waals surface area contributed by atoms with E-state index in [-0.39, 0.29) is 13.0 Å². The van der Waals surface area contributed by atoms with E-state index in [1.54, 1.807) is 0 Å². The zero-order valence-corrected chi connectivity index (χ0v) is 5.31. The third-order valence-electron chi connectivity index (χ3n) is 0.598. The van der Waals surface area contributed by atoms with E-state index in [0.29, 0.717) is 0 Å². The summed E-state index contributed by atoms with van der Waals surface area (Å²) in [5.41, 5.74) is 0. The van der Waals surface area contributed by atoms with Crippen molar-refractivity contribution in [2.45, 2.75) is 6.42 Å². The van der Waals surface area contributed by atoms with Gasteiger partial charge in [0.1, 0.15) is 0 Å². The van der Waals surface area contributed by atoms with Crippen LogP contribution in [0.2, 0.25) is 0 Å². The Labute approximate surface area is 56.8 Å². The molecule has 0 aromatic carbocycles. The molecule has 4 nitrogen and oxygen atoms in total. The van der Waals surface area contributed by atoms with E-state index >= 15 is 0 Å². The molecule has 0 saturated heterocycles. The Morgan fingerprint density at radius 3 is 2.44 bits per heavy atom. The number of carbonyl (C=O) groups excluding carboxylic acids is 1. The van der Waals surface area contributed by atoms with Gasteiger partial charge in [-0.2, -0.15) is 0 Å². The SMILES string of the molecule is O=C(Cl)CCNC(=O)O. The van der Waals surface area contributed by atoms with Crippen molar-refractivity contribution in [1.82, 2.24) is 5.32 Å². The van der Waals surface area contributed by atoms with Crippen molar-refractivity contribution in [3.05, 3.63) is 0 Å². The Bertz CT molecular complexity index is 111. The molecule has 0 heterocycles. The topological polar surface area (TPSA) is 66.4 Å². The van der Waals surface area contributed by atoms with Crippen LogP contribution in [0, 0.1) is 0 Å². The highest BCUT2D eigenvalue weighted by molar-refractivity contribution is 6.63. The van der Waals surface area contributed by atoms with E-state index in [2.05, 4.69) is 0 Å². The largest absolute Gasteiger partial charge is 0.465 e. The molecule has 0 aliphatic heterocycles. The fraction of sp³-hybridized carbons (Fsp3) is 0.500. The summed E-state index contributed by atoms with van der Waals surface area (Å²) in [5, 5.41) is 9.41.